The molecule has 8 nitrogen and oxygen atoms in total. The fourth-order valence-electron chi connectivity index (χ4n) is 2.13. The fourth-order valence-corrected chi connectivity index (χ4v) is 2.13. The highest BCUT2D eigenvalue weighted by Gasteiger charge is 2.22. The zero-order chi connectivity index (χ0) is 15.7. The summed E-state index contributed by atoms with van der Waals surface area (Å²) in [4.78, 5) is 25.6. The van der Waals surface area contributed by atoms with Crippen molar-refractivity contribution in [2.24, 2.45) is 0 Å². The van der Waals surface area contributed by atoms with E-state index in [-0.39, 0.29) is 17.9 Å². The van der Waals surface area contributed by atoms with Gasteiger partial charge in [-0.25, -0.2) is 9.67 Å². The number of pyridine rings is 1. The Hall–Kier alpha value is -2.77. The second kappa shape index (κ2) is 5.31. The van der Waals surface area contributed by atoms with E-state index in [0.717, 1.165) is 0 Å². The van der Waals surface area contributed by atoms with Crippen molar-refractivity contribution in [3.63, 3.8) is 0 Å². The minimum Gasteiger partial charge on any atom is -0.481 e. The average Bonchev–Trinajstić information content (AvgIpc) is 2.66. The molecule has 1 N–H and O–H groups in total. The van der Waals surface area contributed by atoms with Crippen molar-refractivity contribution in [1.82, 2.24) is 14.8 Å². The van der Waals surface area contributed by atoms with Crippen LogP contribution in [0.2, 0.25) is 0 Å². The molecule has 0 radical (unpaired) electrons. The summed E-state index contributed by atoms with van der Waals surface area (Å²) in [5.41, 5.74) is 2.10. The first-order valence-corrected chi connectivity index (χ1v) is 6.19. The number of carboxylic acids is 1. The molecule has 2 heterocycles. The third-order valence-corrected chi connectivity index (χ3v) is 3.15. The van der Waals surface area contributed by atoms with Crippen LogP contribution < -0.4 is 0 Å². The van der Waals surface area contributed by atoms with Gasteiger partial charge >= 0.3 is 11.7 Å². The first kappa shape index (κ1) is 14.6. The highest BCUT2D eigenvalue weighted by Crippen LogP contribution is 2.25. The van der Waals surface area contributed by atoms with E-state index in [0.29, 0.717) is 22.5 Å². The van der Waals surface area contributed by atoms with Crippen LogP contribution in [0.3, 0.4) is 0 Å². The van der Waals surface area contributed by atoms with Gasteiger partial charge in [0.05, 0.1) is 17.0 Å². The standard InChI is InChI=1S/C13H14N4O4/c1-7-4-11(17(20)21)13(14-6-7)16-9(3)10(5-12(18)19)8(2)15-16/h4,6H,5H2,1-3H3,(H,18,19). The van der Waals surface area contributed by atoms with Crippen LogP contribution in [0.25, 0.3) is 5.82 Å². The van der Waals surface area contributed by atoms with Gasteiger partial charge in [-0.1, -0.05) is 0 Å². The number of aryl methyl sites for hydroxylation is 2. The number of carboxylic acid groups (broad SMARTS) is 1. The lowest BCUT2D eigenvalue weighted by Gasteiger charge is -2.05. The van der Waals surface area contributed by atoms with Crippen molar-refractivity contribution in [3.8, 4) is 5.82 Å². The molecule has 0 bridgehead atoms. The maximum Gasteiger partial charge on any atom is 0.314 e. The second-order valence-corrected chi connectivity index (χ2v) is 4.74. The number of nitrogens with zero attached hydrogens (tertiary/aromatic N) is 4. The molecule has 110 valence electrons. The first-order chi connectivity index (χ1) is 9.81. The Balaban J connectivity index is 2.63. The summed E-state index contributed by atoms with van der Waals surface area (Å²) in [5.74, 6) is -0.894. The summed E-state index contributed by atoms with van der Waals surface area (Å²) in [5, 5.41) is 24.3. The zero-order valence-corrected chi connectivity index (χ0v) is 11.8. The minimum absolute atomic E-state index is 0.0860. The Morgan fingerprint density at radius 2 is 2.10 bits per heavy atom. The van der Waals surface area contributed by atoms with E-state index in [2.05, 4.69) is 10.1 Å². The molecule has 0 aromatic carbocycles. The Bertz CT molecular complexity index is 736. The van der Waals surface area contributed by atoms with E-state index in [1.807, 2.05) is 0 Å². The van der Waals surface area contributed by atoms with Gasteiger partial charge in [-0.05, 0) is 26.3 Å². The Morgan fingerprint density at radius 1 is 1.43 bits per heavy atom. The number of aliphatic carboxylic acids is 1. The lowest BCUT2D eigenvalue weighted by Crippen LogP contribution is -2.07. The predicted octanol–water partition coefficient (Wildman–Crippen LogP) is 1.73. The Kier molecular flexibility index (Phi) is 3.70. The predicted molar refractivity (Wildman–Crippen MR) is 73.6 cm³/mol. The van der Waals surface area contributed by atoms with Crippen LogP contribution in [0.15, 0.2) is 12.3 Å². The smallest absolute Gasteiger partial charge is 0.314 e. The summed E-state index contributed by atoms with van der Waals surface area (Å²) < 4.78 is 1.32. The van der Waals surface area contributed by atoms with Gasteiger partial charge in [0.2, 0.25) is 5.82 Å². The third-order valence-electron chi connectivity index (χ3n) is 3.15. The maximum atomic E-state index is 11.2. The van der Waals surface area contributed by atoms with Gasteiger partial charge in [-0.3, -0.25) is 14.9 Å². The molecule has 0 fully saturated rings. The van der Waals surface area contributed by atoms with Crippen molar-refractivity contribution in [3.05, 3.63) is 44.9 Å². The topological polar surface area (TPSA) is 111 Å². The molecule has 0 aliphatic carbocycles. The molecule has 0 unspecified atom stereocenters. The van der Waals surface area contributed by atoms with E-state index in [1.54, 1.807) is 20.8 Å². The molecule has 0 aliphatic rings. The number of hydrogen-bond donors (Lipinski definition) is 1. The summed E-state index contributed by atoms with van der Waals surface area (Å²) in [6.07, 6.45) is 1.33. The summed E-state index contributed by atoms with van der Waals surface area (Å²) in [6, 6.07) is 1.41. The van der Waals surface area contributed by atoms with Gasteiger partial charge in [0.15, 0.2) is 0 Å². The van der Waals surface area contributed by atoms with Crippen molar-refractivity contribution < 1.29 is 14.8 Å². The fraction of sp³-hybridized carbons (Fsp3) is 0.308. The summed E-state index contributed by atoms with van der Waals surface area (Å²) in [6.45, 7) is 5.05. The highest BCUT2D eigenvalue weighted by atomic mass is 16.6. The minimum atomic E-state index is -0.980. The van der Waals surface area contributed by atoms with Gasteiger partial charge < -0.3 is 5.11 Å². The van der Waals surface area contributed by atoms with Gasteiger partial charge in [-0.15, -0.1) is 0 Å². The Labute approximate surface area is 120 Å². The molecule has 2 aromatic heterocycles. The van der Waals surface area contributed by atoms with E-state index < -0.39 is 10.9 Å². The lowest BCUT2D eigenvalue weighted by atomic mass is 10.1. The lowest BCUT2D eigenvalue weighted by molar-refractivity contribution is -0.385. The molecule has 0 aliphatic heterocycles. The van der Waals surface area contributed by atoms with E-state index >= 15 is 0 Å². The van der Waals surface area contributed by atoms with Gasteiger partial charge in [0.25, 0.3) is 0 Å². The molecule has 0 saturated carbocycles. The van der Waals surface area contributed by atoms with Crippen LogP contribution in [0.1, 0.15) is 22.5 Å². The van der Waals surface area contributed by atoms with Gasteiger partial charge in [0, 0.05) is 23.5 Å². The molecule has 21 heavy (non-hydrogen) atoms. The van der Waals surface area contributed by atoms with Crippen LogP contribution in [0.5, 0.6) is 0 Å². The normalized spacial score (nSPS) is 10.6. The van der Waals surface area contributed by atoms with Crippen LogP contribution in [-0.4, -0.2) is 30.8 Å². The number of aromatic nitrogens is 3. The van der Waals surface area contributed by atoms with Crippen LogP contribution >= 0.6 is 0 Å². The van der Waals surface area contributed by atoms with Crippen molar-refractivity contribution in [2.45, 2.75) is 27.2 Å². The van der Waals surface area contributed by atoms with E-state index in [1.165, 1.54) is 16.9 Å². The molecule has 0 saturated heterocycles. The van der Waals surface area contributed by atoms with Crippen molar-refractivity contribution in [1.29, 1.82) is 0 Å². The monoisotopic (exact) mass is 290 g/mol. The van der Waals surface area contributed by atoms with E-state index in [4.69, 9.17) is 5.11 Å². The van der Waals surface area contributed by atoms with Crippen molar-refractivity contribution >= 4 is 11.7 Å². The van der Waals surface area contributed by atoms with Crippen LogP contribution in [0, 0.1) is 30.9 Å². The SMILES string of the molecule is Cc1cnc(-n2nc(C)c(CC(=O)O)c2C)c([N+](=O)[O-])c1. The number of hydrogen-bond acceptors (Lipinski definition) is 5. The molecule has 0 amide bonds. The second-order valence-electron chi connectivity index (χ2n) is 4.74. The first-order valence-electron chi connectivity index (χ1n) is 6.19. The number of nitro groups is 1. The number of carbonyl (C=O) groups is 1. The maximum absolute atomic E-state index is 11.2. The molecule has 2 rings (SSSR count). The molecule has 0 atom stereocenters. The molecule has 2 aromatic rings. The largest absolute Gasteiger partial charge is 0.481 e. The molecule has 0 spiro atoms. The summed E-state index contributed by atoms with van der Waals surface area (Å²) >= 11 is 0. The Morgan fingerprint density at radius 3 is 2.67 bits per heavy atom. The molecule has 8 heteroatoms. The third kappa shape index (κ3) is 2.73. The molecular formula is C13H14N4O4. The molecular weight excluding hydrogens is 276 g/mol. The average molecular weight is 290 g/mol. The summed E-state index contributed by atoms with van der Waals surface area (Å²) in [7, 11) is 0. The van der Waals surface area contributed by atoms with Crippen LogP contribution in [0.4, 0.5) is 5.69 Å². The van der Waals surface area contributed by atoms with E-state index in [9.17, 15) is 14.9 Å². The van der Waals surface area contributed by atoms with Gasteiger partial charge in [-0.2, -0.15) is 5.10 Å². The van der Waals surface area contributed by atoms with Crippen molar-refractivity contribution in [2.75, 3.05) is 0 Å². The zero-order valence-electron chi connectivity index (χ0n) is 11.8. The quantitative estimate of drug-likeness (QED) is 0.678. The van der Waals surface area contributed by atoms with Gasteiger partial charge in [0.1, 0.15) is 0 Å². The highest BCUT2D eigenvalue weighted by molar-refractivity contribution is 5.71. The van der Waals surface area contributed by atoms with Crippen LogP contribution in [-0.2, 0) is 11.2 Å². The number of rotatable bonds is 4.